The van der Waals surface area contributed by atoms with Gasteiger partial charge < -0.3 is 9.97 Å². The van der Waals surface area contributed by atoms with Gasteiger partial charge in [0.2, 0.25) is 5.78 Å². The van der Waals surface area contributed by atoms with Crippen LogP contribution in [0.25, 0.3) is 0 Å². The molecular weight excluding hydrogens is 308 g/mol. The number of carbonyl (C=O) groups is 2. The summed E-state index contributed by atoms with van der Waals surface area (Å²) in [5.74, 6) is -0.850. The van der Waals surface area contributed by atoms with Crippen molar-refractivity contribution < 1.29 is 9.59 Å². The summed E-state index contributed by atoms with van der Waals surface area (Å²) < 4.78 is 0. The lowest BCUT2D eigenvalue weighted by Gasteiger charge is -2.22. The van der Waals surface area contributed by atoms with Crippen LogP contribution in [0.5, 0.6) is 0 Å². The first-order valence-corrected chi connectivity index (χ1v) is 7.94. The zero-order valence-corrected chi connectivity index (χ0v) is 14.0. The van der Waals surface area contributed by atoms with E-state index in [1.807, 2.05) is 13.8 Å². The normalized spacial score (nSPS) is 13.0. The molecule has 1 aliphatic rings. The molecule has 1 aliphatic carbocycles. The Balaban J connectivity index is 2.44. The summed E-state index contributed by atoms with van der Waals surface area (Å²) in [6, 6.07) is 0. The van der Waals surface area contributed by atoms with Crippen LogP contribution in [0.3, 0.4) is 0 Å². The van der Waals surface area contributed by atoms with Gasteiger partial charge in [-0.3, -0.25) is 19.2 Å². The fourth-order valence-electron chi connectivity index (χ4n) is 3.53. The third-order valence-corrected chi connectivity index (χ3v) is 4.80. The number of pyridine rings is 2. The molecule has 0 radical (unpaired) electrons. The van der Waals surface area contributed by atoms with E-state index in [1.54, 1.807) is 13.8 Å². The van der Waals surface area contributed by atoms with Crippen LogP contribution in [0.1, 0.15) is 68.2 Å². The van der Waals surface area contributed by atoms with E-state index >= 15 is 0 Å². The summed E-state index contributed by atoms with van der Waals surface area (Å²) in [6.45, 7) is 7.02. The molecule has 0 aromatic carbocycles. The van der Waals surface area contributed by atoms with Crippen molar-refractivity contribution in [3.8, 4) is 0 Å². The summed E-state index contributed by atoms with van der Waals surface area (Å²) in [5.41, 5.74) is 1.71. The fraction of sp³-hybridized carbons (Fsp3) is 0.333. The fourth-order valence-corrected chi connectivity index (χ4v) is 3.53. The lowest BCUT2D eigenvalue weighted by atomic mass is 9.83. The quantitative estimate of drug-likeness (QED) is 0.746. The summed E-state index contributed by atoms with van der Waals surface area (Å²) in [5, 5.41) is 0. The van der Waals surface area contributed by atoms with Crippen LogP contribution in [0, 0.1) is 13.8 Å². The zero-order valence-electron chi connectivity index (χ0n) is 14.0. The van der Waals surface area contributed by atoms with Crippen LogP contribution in [0.15, 0.2) is 9.59 Å². The lowest BCUT2D eigenvalue weighted by Crippen LogP contribution is -2.33. The number of hydrogen-bond acceptors (Lipinski definition) is 4. The SMILES string of the molecule is CCc1c(C)c2c([nH]c1=O)C(=O)c1[nH]c(=O)c(CC)c(C)c1C2=O. The Morgan fingerprint density at radius 3 is 1.38 bits per heavy atom. The summed E-state index contributed by atoms with van der Waals surface area (Å²) in [6.07, 6.45) is 0.932. The van der Waals surface area contributed by atoms with Gasteiger partial charge in [0.25, 0.3) is 11.1 Å². The molecule has 0 spiro atoms. The average Bonchev–Trinajstić information content (AvgIpc) is 2.52. The molecule has 2 aromatic rings. The molecule has 6 nitrogen and oxygen atoms in total. The number of ketones is 2. The van der Waals surface area contributed by atoms with Gasteiger partial charge in [0.05, 0.1) is 11.1 Å². The van der Waals surface area contributed by atoms with Crippen molar-refractivity contribution >= 4 is 11.6 Å². The molecule has 0 unspecified atom stereocenters. The number of hydrogen-bond donors (Lipinski definition) is 2. The molecule has 24 heavy (non-hydrogen) atoms. The van der Waals surface area contributed by atoms with E-state index in [-0.39, 0.29) is 39.4 Å². The highest BCUT2D eigenvalue weighted by Crippen LogP contribution is 2.29. The van der Waals surface area contributed by atoms with E-state index in [0.29, 0.717) is 35.1 Å². The molecule has 0 bridgehead atoms. The highest BCUT2D eigenvalue weighted by atomic mass is 16.2. The second-order valence-electron chi connectivity index (χ2n) is 5.98. The van der Waals surface area contributed by atoms with E-state index in [9.17, 15) is 19.2 Å². The van der Waals surface area contributed by atoms with Crippen LogP contribution in [-0.4, -0.2) is 21.5 Å². The number of rotatable bonds is 2. The van der Waals surface area contributed by atoms with Gasteiger partial charge in [0, 0.05) is 11.1 Å². The third kappa shape index (κ3) is 1.95. The van der Waals surface area contributed by atoms with E-state index < -0.39 is 5.78 Å². The molecular formula is C18H18N2O4. The number of aromatic amines is 2. The van der Waals surface area contributed by atoms with E-state index in [2.05, 4.69) is 9.97 Å². The van der Waals surface area contributed by atoms with Crippen molar-refractivity contribution in [1.82, 2.24) is 9.97 Å². The van der Waals surface area contributed by atoms with Gasteiger partial charge in [-0.05, 0) is 37.8 Å². The van der Waals surface area contributed by atoms with Crippen LogP contribution in [-0.2, 0) is 12.8 Å². The standard InChI is InChI=1S/C18H18N2O4/c1-5-9-7(3)11-13(19-17(9)23)16(22)14-12(15(11)21)8(4)10(6-2)18(24)20-14/h5-6H2,1-4H3,(H,19,23)(H,20,24). The molecule has 3 rings (SSSR count). The minimum atomic E-state index is -0.523. The van der Waals surface area contributed by atoms with Crippen LogP contribution < -0.4 is 11.1 Å². The van der Waals surface area contributed by atoms with Crippen molar-refractivity contribution in [2.75, 3.05) is 0 Å². The highest BCUT2D eigenvalue weighted by Gasteiger charge is 2.36. The molecule has 0 saturated carbocycles. The monoisotopic (exact) mass is 326 g/mol. The van der Waals surface area contributed by atoms with Gasteiger partial charge in [0.15, 0.2) is 5.78 Å². The second-order valence-corrected chi connectivity index (χ2v) is 5.98. The zero-order chi connectivity index (χ0) is 17.8. The van der Waals surface area contributed by atoms with E-state index in [0.717, 1.165) is 0 Å². The Bertz CT molecular complexity index is 945. The molecule has 0 amide bonds. The van der Waals surface area contributed by atoms with Gasteiger partial charge in [-0.1, -0.05) is 13.8 Å². The number of fused-ring (bicyclic) bond motifs is 2. The lowest BCUT2D eigenvalue weighted by molar-refractivity contribution is 0.0969. The second kappa shape index (κ2) is 5.40. The maximum Gasteiger partial charge on any atom is 0.251 e. The van der Waals surface area contributed by atoms with Gasteiger partial charge in [-0.2, -0.15) is 0 Å². The Labute approximate surface area is 137 Å². The summed E-state index contributed by atoms with van der Waals surface area (Å²) >= 11 is 0. The Kier molecular flexibility index (Phi) is 3.63. The average molecular weight is 326 g/mol. The Hall–Kier alpha value is -2.76. The molecule has 0 atom stereocenters. The number of carbonyl (C=O) groups excluding carboxylic acids is 2. The number of H-pyrrole nitrogens is 2. The topological polar surface area (TPSA) is 99.9 Å². The molecule has 2 heterocycles. The van der Waals surface area contributed by atoms with Crippen molar-refractivity contribution in [2.45, 2.75) is 40.5 Å². The first kappa shape index (κ1) is 16.1. The third-order valence-electron chi connectivity index (χ3n) is 4.80. The molecule has 6 heteroatoms. The molecule has 124 valence electrons. The van der Waals surface area contributed by atoms with E-state index in [4.69, 9.17) is 0 Å². The first-order chi connectivity index (χ1) is 11.3. The molecule has 2 N–H and O–H groups in total. The largest absolute Gasteiger partial charge is 0.318 e. The predicted octanol–water partition coefficient (Wildman–Crippen LogP) is 1.58. The first-order valence-electron chi connectivity index (χ1n) is 7.94. The van der Waals surface area contributed by atoms with Crippen LogP contribution in [0.4, 0.5) is 0 Å². The van der Waals surface area contributed by atoms with Crippen LogP contribution >= 0.6 is 0 Å². The molecule has 2 aromatic heterocycles. The number of aromatic nitrogens is 2. The summed E-state index contributed by atoms with van der Waals surface area (Å²) in [7, 11) is 0. The smallest absolute Gasteiger partial charge is 0.251 e. The van der Waals surface area contributed by atoms with Crippen molar-refractivity contribution in [1.29, 1.82) is 0 Å². The predicted molar refractivity (Wildman–Crippen MR) is 89.2 cm³/mol. The minimum Gasteiger partial charge on any atom is -0.318 e. The minimum absolute atomic E-state index is 0.0356. The van der Waals surface area contributed by atoms with Crippen molar-refractivity contribution in [3.63, 3.8) is 0 Å². The highest BCUT2D eigenvalue weighted by molar-refractivity contribution is 6.28. The Morgan fingerprint density at radius 2 is 1.04 bits per heavy atom. The van der Waals surface area contributed by atoms with Gasteiger partial charge >= 0.3 is 0 Å². The van der Waals surface area contributed by atoms with Crippen LogP contribution in [0.2, 0.25) is 0 Å². The molecule has 0 saturated heterocycles. The van der Waals surface area contributed by atoms with Crippen molar-refractivity contribution in [3.05, 3.63) is 65.5 Å². The van der Waals surface area contributed by atoms with Gasteiger partial charge in [-0.25, -0.2) is 0 Å². The van der Waals surface area contributed by atoms with Gasteiger partial charge in [-0.15, -0.1) is 0 Å². The number of nitrogens with one attached hydrogen (secondary N) is 2. The molecule has 0 aliphatic heterocycles. The maximum atomic E-state index is 13.1. The van der Waals surface area contributed by atoms with Crippen molar-refractivity contribution in [2.24, 2.45) is 0 Å². The molecule has 0 fully saturated rings. The van der Waals surface area contributed by atoms with E-state index in [1.165, 1.54) is 0 Å². The van der Waals surface area contributed by atoms with Gasteiger partial charge in [0.1, 0.15) is 11.4 Å². The Morgan fingerprint density at radius 1 is 0.667 bits per heavy atom. The summed E-state index contributed by atoms with van der Waals surface area (Å²) in [4.78, 5) is 55.2. The maximum absolute atomic E-state index is 13.1.